The van der Waals surface area contributed by atoms with Gasteiger partial charge in [0.25, 0.3) is 0 Å². The summed E-state index contributed by atoms with van der Waals surface area (Å²) >= 11 is 0. The molecular formula is C75H143NO5. The molecule has 0 bridgehead atoms. The highest BCUT2D eigenvalue weighted by Crippen LogP contribution is 2.18. The fraction of sp³-hybridized carbons (Fsp3) is 0.893. The van der Waals surface area contributed by atoms with Gasteiger partial charge in [-0.3, -0.25) is 9.59 Å². The molecule has 0 heterocycles. The van der Waals surface area contributed by atoms with Crippen molar-refractivity contribution in [1.29, 1.82) is 0 Å². The van der Waals surface area contributed by atoms with Crippen molar-refractivity contribution in [2.45, 2.75) is 418 Å². The molecule has 0 spiro atoms. The molecule has 0 aliphatic carbocycles. The third-order valence-corrected chi connectivity index (χ3v) is 17.1. The van der Waals surface area contributed by atoms with Gasteiger partial charge >= 0.3 is 5.97 Å². The zero-order chi connectivity index (χ0) is 58.5. The van der Waals surface area contributed by atoms with Crippen LogP contribution in [0.1, 0.15) is 406 Å². The van der Waals surface area contributed by atoms with Crippen LogP contribution in [0.25, 0.3) is 0 Å². The Hall–Kier alpha value is -1.92. The van der Waals surface area contributed by atoms with Gasteiger partial charge in [0.15, 0.2) is 0 Å². The normalized spacial score (nSPS) is 12.7. The maximum Gasteiger partial charge on any atom is 0.305 e. The predicted octanol–water partition coefficient (Wildman–Crippen LogP) is 23.9. The molecule has 0 aromatic rings. The number of allylic oxidation sites excluding steroid dienone is 5. The molecule has 0 rings (SSSR count). The molecule has 0 saturated carbocycles. The maximum atomic E-state index is 12.5. The van der Waals surface area contributed by atoms with Crippen LogP contribution >= 0.6 is 0 Å². The van der Waals surface area contributed by atoms with Gasteiger partial charge in [0, 0.05) is 12.8 Å². The van der Waals surface area contributed by atoms with E-state index in [0.29, 0.717) is 19.4 Å². The van der Waals surface area contributed by atoms with E-state index in [9.17, 15) is 19.8 Å². The van der Waals surface area contributed by atoms with Crippen molar-refractivity contribution in [2.24, 2.45) is 0 Å². The third kappa shape index (κ3) is 67.1. The molecule has 3 N–H and O–H groups in total. The van der Waals surface area contributed by atoms with Gasteiger partial charge in [0.05, 0.1) is 25.4 Å². The van der Waals surface area contributed by atoms with Crippen LogP contribution in [0, 0.1) is 0 Å². The van der Waals surface area contributed by atoms with Crippen molar-refractivity contribution in [3.05, 3.63) is 36.5 Å². The number of nitrogens with one attached hydrogen (secondary N) is 1. The second kappa shape index (κ2) is 70.6. The third-order valence-electron chi connectivity index (χ3n) is 17.1. The Labute approximate surface area is 506 Å². The lowest BCUT2D eigenvalue weighted by molar-refractivity contribution is -0.143. The number of carbonyl (C=O) groups is 2. The minimum Gasteiger partial charge on any atom is -0.466 e. The zero-order valence-corrected chi connectivity index (χ0v) is 54.8. The number of esters is 1. The molecule has 2 unspecified atom stereocenters. The highest BCUT2D eigenvalue weighted by atomic mass is 16.5. The molecule has 478 valence electrons. The Morgan fingerprint density at radius 1 is 0.333 bits per heavy atom. The van der Waals surface area contributed by atoms with Crippen molar-refractivity contribution in [3.63, 3.8) is 0 Å². The molecule has 0 aromatic carbocycles. The summed E-state index contributed by atoms with van der Waals surface area (Å²) in [6, 6.07) is -0.626. The number of rotatable bonds is 69. The second-order valence-corrected chi connectivity index (χ2v) is 25.3. The van der Waals surface area contributed by atoms with E-state index in [1.165, 1.54) is 340 Å². The molecule has 0 aliphatic heterocycles. The van der Waals surface area contributed by atoms with Gasteiger partial charge in [-0.05, 0) is 83.5 Å². The molecule has 0 radical (unpaired) electrons. The summed E-state index contributed by atoms with van der Waals surface area (Å²) in [5.41, 5.74) is 0. The van der Waals surface area contributed by atoms with Gasteiger partial charge < -0.3 is 20.3 Å². The summed E-state index contributed by atoms with van der Waals surface area (Å²) in [6.07, 6.45) is 91.0. The van der Waals surface area contributed by atoms with Gasteiger partial charge in [-0.1, -0.05) is 346 Å². The predicted molar refractivity (Wildman–Crippen MR) is 356 cm³/mol. The summed E-state index contributed by atoms with van der Waals surface area (Å²) in [5.74, 6) is -0.0466. The van der Waals surface area contributed by atoms with Gasteiger partial charge in [-0.2, -0.15) is 0 Å². The van der Waals surface area contributed by atoms with Crippen LogP contribution in [0.3, 0.4) is 0 Å². The topological polar surface area (TPSA) is 95.9 Å². The Kier molecular flexibility index (Phi) is 68.9. The lowest BCUT2D eigenvalue weighted by Crippen LogP contribution is -2.45. The molecular weight excluding hydrogens is 995 g/mol. The number of hydrogen-bond acceptors (Lipinski definition) is 5. The molecule has 0 saturated heterocycles. The van der Waals surface area contributed by atoms with E-state index < -0.39 is 12.1 Å². The standard InChI is InChI=1S/C75H143NO5/c1-3-5-7-9-11-13-15-17-19-20-34-38-41-45-49-53-57-61-65-69-75(80)81-70-66-62-58-54-50-46-42-39-36-33-31-29-27-25-23-21-22-24-26-28-30-32-35-37-40-44-48-52-56-60-64-68-74(79)76-72(71-77)73(78)67-63-59-55-51-47-43-18-16-14-12-10-8-6-4-2/h17,19,23,25,63,67,72-73,77-78H,3-16,18,20-22,24,26-62,64-66,68-71H2,1-2H3,(H,76,79)/b19-17-,25-23-,67-63+. The molecule has 0 fully saturated rings. The lowest BCUT2D eigenvalue weighted by Gasteiger charge is -2.20. The monoisotopic (exact) mass is 1140 g/mol. The number of amides is 1. The van der Waals surface area contributed by atoms with Gasteiger partial charge in [0.1, 0.15) is 0 Å². The van der Waals surface area contributed by atoms with Crippen LogP contribution in [0.15, 0.2) is 36.5 Å². The van der Waals surface area contributed by atoms with Crippen molar-refractivity contribution < 1.29 is 24.5 Å². The smallest absolute Gasteiger partial charge is 0.305 e. The summed E-state index contributed by atoms with van der Waals surface area (Å²) in [7, 11) is 0. The average Bonchev–Trinajstić information content (AvgIpc) is 3.47. The summed E-state index contributed by atoms with van der Waals surface area (Å²) < 4.78 is 5.51. The largest absolute Gasteiger partial charge is 0.466 e. The van der Waals surface area contributed by atoms with Crippen LogP contribution in [-0.2, 0) is 14.3 Å². The van der Waals surface area contributed by atoms with Crippen LogP contribution in [0.4, 0.5) is 0 Å². The summed E-state index contributed by atoms with van der Waals surface area (Å²) in [4.78, 5) is 24.6. The van der Waals surface area contributed by atoms with E-state index in [-0.39, 0.29) is 18.5 Å². The van der Waals surface area contributed by atoms with Crippen LogP contribution in [0.2, 0.25) is 0 Å². The molecule has 0 aliphatic rings. The Balaban J connectivity index is 3.35. The van der Waals surface area contributed by atoms with Crippen LogP contribution in [0.5, 0.6) is 0 Å². The van der Waals surface area contributed by atoms with Crippen molar-refractivity contribution in [3.8, 4) is 0 Å². The van der Waals surface area contributed by atoms with Gasteiger partial charge in [-0.25, -0.2) is 0 Å². The van der Waals surface area contributed by atoms with E-state index in [1.807, 2.05) is 6.08 Å². The molecule has 0 aromatic heterocycles. The number of unbranched alkanes of at least 4 members (excludes halogenated alkanes) is 54. The highest BCUT2D eigenvalue weighted by molar-refractivity contribution is 5.76. The maximum absolute atomic E-state index is 12.5. The van der Waals surface area contributed by atoms with Crippen molar-refractivity contribution in [2.75, 3.05) is 13.2 Å². The number of aliphatic hydroxyl groups is 2. The van der Waals surface area contributed by atoms with E-state index in [2.05, 4.69) is 43.5 Å². The molecule has 2 atom stereocenters. The van der Waals surface area contributed by atoms with E-state index >= 15 is 0 Å². The number of hydrogen-bond donors (Lipinski definition) is 3. The summed E-state index contributed by atoms with van der Waals surface area (Å²) in [5, 5.41) is 23.1. The molecule has 1 amide bonds. The number of aliphatic hydroxyl groups excluding tert-OH is 2. The number of carbonyl (C=O) groups excluding carboxylic acids is 2. The first-order valence-corrected chi connectivity index (χ1v) is 36.8. The minimum atomic E-state index is -0.843. The van der Waals surface area contributed by atoms with E-state index in [0.717, 1.165) is 38.5 Å². The molecule has 6 nitrogen and oxygen atoms in total. The minimum absolute atomic E-state index is 0.0175. The van der Waals surface area contributed by atoms with Crippen molar-refractivity contribution in [1.82, 2.24) is 5.32 Å². The molecule has 6 heteroatoms. The average molecular weight is 1140 g/mol. The first-order valence-electron chi connectivity index (χ1n) is 36.8. The SMILES string of the molecule is CCCCCCCC/C=C\CCCCCCCCCCCC(=O)OCCCCCCCCCCCCCC/C=C\CCCCCCCCCCCCCCCCCC(=O)NC(CO)C(O)/C=C/CCCCCCCCCCCCCC. The lowest BCUT2D eigenvalue weighted by atomic mass is 10.0. The van der Waals surface area contributed by atoms with Gasteiger partial charge in [0.2, 0.25) is 5.91 Å². The van der Waals surface area contributed by atoms with E-state index in [1.54, 1.807) is 6.08 Å². The Bertz CT molecular complexity index is 1310. The van der Waals surface area contributed by atoms with E-state index in [4.69, 9.17) is 4.74 Å². The first-order chi connectivity index (χ1) is 40.0. The Morgan fingerprint density at radius 3 is 0.877 bits per heavy atom. The highest BCUT2D eigenvalue weighted by Gasteiger charge is 2.18. The van der Waals surface area contributed by atoms with Gasteiger partial charge in [-0.15, -0.1) is 0 Å². The van der Waals surface area contributed by atoms with Crippen LogP contribution in [-0.4, -0.2) is 47.4 Å². The Morgan fingerprint density at radius 2 is 0.580 bits per heavy atom. The molecule has 81 heavy (non-hydrogen) atoms. The fourth-order valence-corrected chi connectivity index (χ4v) is 11.5. The zero-order valence-electron chi connectivity index (χ0n) is 54.8. The first kappa shape index (κ1) is 79.1. The second-order valence-electron chi connectivity index (χ2n) is 25.3. The van der Waals surface area contributed by atoms with Crippen molar-refractivity contribution >= 4 is 11.9 Å². The quantitative estimate of drug-likeness (QED) is 0.0320. The fourth-order valence-electron chi connectivity index (χ4n) is 11.5. The number of ether oxygens (including phenoxy) is 1. The summed E-state index contributed by atoms with van der Waals surface area (Å²) in [6.45, 7) is 4.93. The van der Waals surface area contributed by atoms with Crippen LogP contribution < -0.4 is 5.32 Å².